The fraction of sp³-hybridized carbons (Fsp3) is 0.450. The normalized spacial score (nSPS) is 11.7. The Morgan fingerprint density at radius 3 is 2.45 bits per heavy atom. The van der Waals surface area contributed by atoms with Crippen LogP contribution in [0.15, 0.2) is 29.3 Å². The topological polar surface area (TPSA) is 74.5 Å². The fourth-order valence-electron chi connectivity index (χ4n) is 2.75. The summed E-state index contributed by atoms with van der Waals surface area (Å²) in [5.74, 6) is 0.169. The van der Waals surface area contributed by atoms with E-state index < -0.39 is 11.7 Å². The second-order valence-corrected chi connectivity index (χ2v) is 7.13. The number of benzene rings is 1. The van der Waals surface area contributed by atoms with Crippen LogP contribution < -0.4 is 10.6 Å². The van der Waals surface area contributed by atoms with Crippen LogP contribution in [0.2, 0.25) is 0 Å². The van der Waals surface area contributed by atoms with Gasteiger partial charge in [-0.2, -0.15) is 18.3 Å². The number of carbonyl (C=O) groups excluding carboxylic acids is 1. The van der Waals surface area contributed by atoms with Gasteiger partial charge < -0.3 is 15.5 Å². The fourth-order valence-corrected chi connectivity index (χ4v) is 2.75. The van der Waals surface area contributed by atoms with Gasteiger partial charge in [-0.05, 0) is 31.5 Å². The lowest BCUT2D eigenvalue weighted by Gasteiger charge is -2.15. The predicted molar refractivity (Wildman–Crippen MR) is 124 cm³/mol. The zero-order valence-electron chi connectivity index (χ0n) is 18.2. The van der Waals surface area contributed by atoms with Gasteiger partial charge in [0.05, 0.1) is 24.3 Å². The molecule has 2 N–H and O–H groups in total. The van der Waals surface area contributed by atoms with Crippen molar-refractivity contribution < 1.29 is 18.0 Å². The second kappa shape index (κ2) is 11.3. The lowest BCUT2D eigenvalue weighted by Crippen LogP contribution is -2.42. The Bertz CT molecular complexity index is 924. The highest BCUT2D eigenvalue weighted by Crippen LogP contribution is 2.29. The molecule has 0 aliphatic rings. The van der Waals surface area contributed by atoms with Crippen molar-refractivity contribution in [3.63, 3.8) is 0 Å². The van der Waals surface area contributed by atoms with Crippen LogP contribution in [0.3, 0.4) is 0 Å². The van der Waals surface area contributed by atoms with E-state index in [0.29, 0.717) is 18.1 Å². The van der Waals surface area contributed by atoms with Gasteiger partial charge in [-0.25, -0.2) is 4.99 Å². The summed E-state index contributed by atoms with van der Waals surface area (Å²) in [6, 6.07) is 5.03. The molecule has 0 saturated heterocycles. The molecule has 1 amide bonds. The number of likely N-dealkylation sites (N-methyl/N-ethyl adjacent to an activating group) is 1. The lowest BCUT2D eigenvalue weighted by atomic mass is 10.1. The van der Waals surface area contributed by atoms with Crippen LogP contribution in [-0.4, -0.2) is 47.2 Å². The Labute approximate surface area is 197 Å². The Morgan fingerprint density at radius 2 is 1.90 bits per heavy atom. The number of aryl methyl sites for hydroxylation is 2. The first-order valence-electron chi connectivity index (χ1n) is 9.36. The molecule has 2 aromatic rings. The summed E-state index contributed by atoms with van der Waals surface area (Å²) in [7, 11) is 5.13. The minimum atomic E-state index is -4.41. The maximum atomic E-state index is 12.9. The van der Waals surface area contributed by atoms with Crippen LogP contribution in [0.4, 0.5) is 13.2 Å². The van der Waals surface area contributed by atoms with Crippen LogP contribution in [0.5, 0.6) is 0 Å². The number of carbonyl (C=O) groups is 1. The van der Waals surface area contributed by atoms with Gasteiger partial charge in [0.25, 0.3) is 0 Å². The molecular weight excluding hydrogens is 524 g/mol. The zero-order valence-corrected chi connectivity index (χ0v) is 20.5. The molecule has 0 spiro atoms. The number of alkyl halides is 3. The first-order chi connectivity index (χ1) is 14.0. The molecule has 0 fully saturated rings. The molecule has 2 rings (SSSR count). The van der Waals surface area contributed by atoms with E-state index in [9.17, 15) is 18.0 Å². The van der Waals surface area contributed by atoms with Gasteiger partial charge in [-0.3, -0.25) is 9.48 Å². The van der Waals surface area contributed by atoms with E-state index in [1.165, 1.54) is 11.0 Å². The standard InChI is InChI=1S/C20H27F3N6O.HI/c1-13-17(14(2)29(5)27-13)11-25-19(26-12-18(30)28(3)4)24-10-15-7-6-8-16(9-15)20(21,22)23;/h6-9H,10-12H2,1-5H3,(H2,24,25,26);1H. The SMILES string of the molecule is Cc1nn(C)c(C)c1CNC(=NCc1cccc(C(F)(F)F)c1)NCC(=O)N(C)C.I. The van der Waals surface area contributed by atoms with Crippen LogP contribution in [0, 0.1) is 13.8 Å². The molecule has 0 aliphatic heterocycles. The van der Waals surface area contributed by atoms with Crippen molar-refractivity contribution in [2.75, 3.05) is 20.6 Å². The Hall–Kier alpha value is -2.31. The van der Waals surface area contributed by atoms with Crippen LogP contribution in [-0.2, 0) is 31.1 Å². The number of hydrogen-bond donors (Lipinski definition) is 2. The molecular formula is C20H28F3IN6O. The van der Waals surface area contributed by atoms with E-state index in [1.807, 2.05) is 20.9 Å². The third-order valence-corrected chi connectivity index (χ3v) is 4.67. The lowest BCUT2D eigenvalue weighted by molar-refractivity contribution is -0.137. The number of aliphatic imine (C=N–C) groups is 1. The maximum absolute atomic E-state index is 12.9. The zero-order chi connectivity index (χ0) is 22.5. The molecule has 0 radical (unpaired) electrons. The van der Waals surface area contributed by atoms with Gasteiger partial charge in [0.2, 0.25) is 5.91 Å². The largest absolute Gasteiger partial charge is 0.416 e. The number of halogens is 4. The van der Waals surface area contributed by atoms with E-state index in [1.54, 1.807) is 24.8 Å². The summed E-state index contributed by atoms with van der Waals surface area (Å²) < 4.78 is 40.6. The molecule has 1 heterocycles. The number of amides is 1. The van der Waals surface area contributed by atoms with Crippen molar-refractivity contribution in [1.82, 2.24) is 25.3 Å². The van der Waals surface area contributed by atoms with Crippen LogP contribution >= 0.6 is 24.0 Å². The van der Waals surface area contributed by atoms with Crippen LogP contribution in [0.1, 0.15) is 28.1 Å². The molecule has 0 aliphatic carbocycles. The highest BCUT2D eigenvalue weighted by atomic mass is 127. The number of rotatable bonds is 6. The molecule has 11 heteroatoms. The second-order valence-electron chi connectivity index (χ2n) is 7.13. The van der Waals surface area contributed by atoms with Crippen molar-refractivity contribution in [2.45, 2.75) is 33.1 Å². The molecule has 172 valence electrons. The third kappa shape index (κ3) is 7.71. The Morgan fingerprint density at radius 1 is 1.23 bits per heavy atom. The number of hydrogen-bond acceptors (Lipinski definition) is 3. The molecule has 7 nitrogen and oxygen atoms in total. The van der Waals surface area contributed by atoms with E-state index in [-0.39, 0.29) is 43.0 Å². The number of nitrogens with one attached hydrogen (secondary N) is 2. The van der Waals surface area contributed by atoms with Gasteiger partial charge in [0, 0.05) is 38.9 Å². The van der Waals surface area contributed by atoms with Crippen molar-refractivity contribution in [1.29, 1.82) is 0 Å². The van der Waals surface area contributed by atoms with Crippen molar-refractivity contribution >= 4 is 35.8 Å². The van der Waals surface area contributed by atoms with Gasteiger partial charge in [-0.1, -0.05) is 12.1 Å². The summed E-state index contributed by atoms with van der Waals surface area (Å²) in [6.07, 6.45) is -4.41. The summed E-state index contributed by atoms with van der Waals surface area (Å²) in [4.78, 5) is 17.7. The van der Waals surface area contributed by atoms with E-state index in [2.05, 4.69) is 20.7 Å². The monoisotopic (exact) mass is 552 g/mol. The highest BCUT2D eigenvalue weighted by molar-refractivity contribution is 14.0. The predicted octanol–water partition coefficient (Wildman–Crippen LogP) is 3.00. The smallest absolute Gasteiger partial charge is 0.352 e. The first kappa shape index (κ1) is 26.7. The molecule has 1 aromatic carbocycles. The third-order valence-electron chi connectivity index (χ3n) is 4.67. The first-order valence-corrected chi connectivity index (χ1v) is 9.36. The summed E-state index contributed by atoms with van der Waals surface area (Å²) in [6.45, 7) is 4.29. The van der Waals surface area contributed by atoms with E-state index >= 15 is 0 Å². The van der Waals surface area contributed by atoms with Gasteiger partial charge >= 0.3 is 6.18 Å². The molecule has 0 bridgehead atoms. The van der Waals surface area contributed by atoms with E-state index in [4.69, 9.17) is 0 Å². The highest BCUT2D eigenvalue weighted by Gasteiger charge is 2.30. The average molecular weight is 552 g/mol. The van der Waals surface area contributed by atoms with Crippen molar-refractivity contribution in [3.8, 4) is 0 Å². The maximum Gasteiger partial charge on any atom is 0.416 e. The van der Waals surface area contributed by atoms with Crippen LogP contribution in [0.25, 0.3) is 0 Å². The van der Waals surface area contributed by atoms with Gasteiger partial charge in [0.15, 0.2) is 5.96 Å². The summed E-state index contributed by atoms with van der Waals surface area (Å²) in [5, 5.41) is 10.4. The van der Waals surface area contributed by atoms with Crippen molar-refractivity contribution in [3.05, 3.63) is 52.3 Å². The number of aromatic nitrogens is 2. The average Bonchev–Trinajstić information content (AvgIpc) is 2.92. The number of nitrogens with zero attached hydrogens (tertiary/aromatic N) is 4. The Balaban J connectivity index is 0.00000480. The molecule has 0 atom stereocenters. The minimum Gasteiger partial charge on any atom is -0.352 e. The molecule has 0 saturated carbocycles. The van der Waals surface area contributed by atoms with Gasteiger partial charge in [-0.15, -0.1) is 24.0 Å². The summed E-state index contributed by atoms with van der Waals surface area (Å²) >= 11 is 0. The van der Waals surface area contributed by atoms with Crippen molar-refractivity contribution in [2.24, 2.45) is 12.0 Å². The Kier molecular flexibility index (Phi) is 9.78. The van der Waals surface area contributed by atoms with E-state index in [0.717, 1.165) is 29.1 Å². The number of guanidine groups is 1. The molecule has 0 unspecified atom stereocenters. The summed E-state index contributed by atoms with van der Waals surface area (Å²) in [5.41, 5.74) is 2.54. The molecule has 1 aromatic heterocycles. The molecule has 31 heavy (non-hydrogen) atoms. The minimum absolute atomic E-state index is 0. The quantitative estimate of drug-likeness (QED) is 0.329. The van der Waals surface area contributed by atoms with Gasteiger partial charge in [0.1, 0.15) is 0 Å².